The quantitative estimate of drug-likeness (QED) is 0.679. The molecule has 0 aliphatic carbocycles. The van der Waals surface area contributed by atoms with Crippen molar-refractivity contribution in [1.29, 1.82) is 0 Å². The molecule has 0 fully saturated rings. The summed E-state index contributed by atoms with van der Waals surface area (Å²) in [5.74, 6) is 0.897. The van der Waals surface area contributed by atoms with E-state index in [4.69, 9.17) is 20.9 Å². The predicted octanol–water partition coefficient (Wildman–Crippen LogP) is 5.08. The molecular weight excluding hydrogens is 352 g/mol. The van der Waals surface area contributed by atoms with Crippen LogP contribution in [0, 0.1) is 20.8 Å². The van der Waals surface area contributed by atoms with E-state index in [0.717, 1.165) is 16.8 Å². The molecule has 0 aliphatic rings. The van der Waals surface area contributed by atoms with Crippen LogP contribution in [0.5, 0.6) is 5.75 Å². The van der Waals surface area contributed by atoms with Gasteiger partial charge < -0.3 is 14.6 Å². The standard InChI is InChI=1S/C20H19ClN2O3/c1-12-8-9-18(17(21)10-12)22-20(24)15-6-4-5-7-19(15)25-11-16-13(2)23-26-14(16)3/h4-10H,11H2,1-3H3,(H,22,24). The number of rotatable bonds is 5. The molecule has 134 valence electrons. The third-order valence-corrected chi connectivity index (χ3v) is 4.37. The highest BCUT2D eigenvalue weighted by atomic mass is 35.5. The first kappa shape index (κ1) is 18.0. The van der Waals surface area contributed by atoms with Crippen LogP contribution in [0.3, 0.4) is 0 Å². The second-order valence-electron chi connectivity index (χ2n) is 6.02. The Morgan fingerprint density at radius 3 is 2.65 bits per heavy atom. The van der Waals surface area contributed by atoms with Gasteiger partial charge in [-0.3, -0.25) is 4.79 Å². The fraction of sp³-hybridized carbons (Fsp3) is 0.200. The molecule has 0 spiro atoms. The fourth-order valence-electron chi connectivity index (χ4n) is 2.55. The minimum atomic E-state index is -0.287. The number of nitrogens with zero attached hydrogens (tertiary/aromatic N) is 1. The Morgan fingerprint density at radius 1 is 1.19 bits per heavy atom. The van der Waals surface area contributed by atoms with Crippen molar-refractivity contribution in [2.24, 2.45) is 0 Å². The van der Waals surface area contributed by atoms with Crippen LogP contribution in [0.1, 0.15) is 32.9 Å². The lowest BCUT2D eigenvalue weighted by Gasteiger charge is -2.12. The Labute approximate surface area is 156 Å². The Morgan fingerprint density at radius 2 is 1.96 bits per heavy atom. The molecule has 0 bridgehead atoms. The highest BCUT2D eigenvalue weighted by molar-refractivity contribution is 6.34. The van der Waals surface area contributed by atoms with Crippen LogP contribution in [0.2, 0.25) is 5.02 Å². The number of nitrogens with one attached hydrogen (secondary N) is 1. The van der Waals surface area contributed by atoms with Gasteiger partial charge in [0.15, 0.2) is 0 Å². The zero-order valence-corrected chi connectivity index (χ0v) is 15.6. The van der Waals surface area contributed by atoms with E-state index in [2.05, 4.69) is 10.5 Å². The largest absolute Gasteiger partial charge is 0.488 e. The van der Waals surface area contributed by atoms with Crippen molar-refractivity contribution in [3.63, 3.8) is 0 Å². The second-order valence-corrected chi connectivity index (χ2v) is 6.43. The topological polar surface area (TPSA) is 64.4 Å². The molecule has 1 N–H and O–H groups in total. The first-order valence-electron chi connectivity index (χ1n) is 8.17. The average molecular weight is 371 g/mol. The minimum Gasteiger partial charge on any atom is -0.488 e. The van der Waals surface area contributed by atoms with Crippen molar-refractivity contribution in [2.45, 2.75) is 27.4 Å². The molecule has 0 unspecified atom stereocenters. The molecule has 3 aromatic rings. The molecule has 2 aromatic carbocycles. The lowest BCUT2D eigenvalue weighted by Crippen LogP contribution is -2.14. The van der Waals surface area contributed by atoms with Crippen molar-refractivity contribution in [1.82, 2.24) is 5.16 Å². The maximum Gasteiger partial charge on any atom is 0.259 e. The summed E-state index contributed by atoms with van der Waals surface area (Å²) in [4.78, 5) is 12.7. The summed E-state index contributed by atoms with van der Waals surface area (Å²) in [5.41, 5.74) is 3.66. The van der Waals surface area contributed by atoms with E-state index < -0.39 is 0 Å². The van der Waals surface area contributed by atoms with Crippen LogP contribution in [0.15, 0.2) is 47.0 Å². The molecule has 0 saturated heterocycles. The van der Waals surface area contributed by atoms with Gasteiger partial charge >= 0.3 is 0 Å². The number of carbonyl (C=O) groups excluding carboxylic acids is 1. The average Bonchev–Trinajstić information content (AvgIpc) is 2.94. The molecule has 5 nitrogen and oxygen atoms in total. The number of aryl methyl sites for hydroxylation is 3. The molecule has 0 aliphatic heterocycles. The van der Waals surface area contributed by atoms with Gasteiger partial charge in [-0.05, 0) is 50.6 Å². The second kappa shape index (κ2) is 7.62. The van der Waals surface area contributed by atoms with Crippen LogP contribution in [-0.4, -0.2) is 11.1 Å². The van der Waals surface area contributed by atoms with Gasteiger partial charge in [-0.15, -0.1) is 0 Å². The molecule has 1 heterocycles. The summed E-state index contributed by atoms with van der Waals surface area (Å²) in [6.45, 7) is 5.90. The van der Waals surface area contributed by atoms with Gasteiger partial charge in [0, 0.05) is 0 Å². The number of ether oxygens (including phenoxy) is 1. The van der Waals surface area contributed by atoms with E-state index >= 15 is 0 Å². The number of hydrogen-bond donors (Lipinski definition) is 1. The number of aromatic nitrogens is 1. The predicted molar refractivity (Wildman–Crippen MR) is 101 cm³/mol. The monoisotopic (exact) mass is 370 g/mol. The van der Waals surface area contributed by atoms with E-state index in [1.165, 1.54) is 0 Å². The van der Waals surface area contributed by atoms with Crippen molar-refractivity contribution in [3.05, 3.63) is 75.6 Å². The third kappa shape index (κ3) is 3.89. The number of hydrogen-bond acceptors (Lipinski definition) is 4. The van der Waals surface area contributed by atoms with Gasteiger partial charge in [0.05, 0.1) is 27.5 Å². The van der Waals surface area contributed by atoms with Crippen molar-refractivity contribution in [3.8, 4) is 5.75 Å². The van der Waals surface area contributed by atoms with Crippen molar-refractivity contribution < 1.29 is 14.1 Å². The van der Waals surface area contributed by atoms with Gasteiger partial charge in [0.2, 0.25) is 0 Å². The van der Waals surface area contributed by atoms with Gasteiger partial charge in [-0.1, -0.05) is 35.0 Å². The van der Waals surface area contributed by atoms with Crippen molar-refractivity contribution >= 4 is 23.2 Å². The zero-order valence-electron chi connectivity index (χ0n) is 14.8. The van der Waals surface area contributed by atoms with Crippen molar-refractivity contribution in [2.75, 3.05) is 5.32 Å². The van der Waals surface area contributed by atoms with E-state index in [0.29, 0.717) is 27.8 Å². The molecule has 3 rings (SSSR count). The highest BCUT2D eigenvalue weighted by Crippen LogP contribution is 2.26. The van der Waals surface area contributed by atoms with Gasteiger partial charge in [-0.2, -0.15) is 0 Å². The number of amides is 1. The Hall–Kier alpha value is -2.79. The highest BCUT2D eigenvalue weighted by Gasteiger charge is 2.16. The van der Waals surface area contributed by atoms with Crippen LogP contribution < -0.4 is 10.1 Å². The van der Waals surface area contributed by atoms with Gasteiger partial charge in [0.25, 0.3) is 5.91 Å². The van der Waals surface area contributed by atoms with E-state index in [1.807, 2.05) is 32.9 Å². The maximum absolute atomic E-state index is 12.7. The molecule has 0 atom stereocenters. The molecule has 0 saturated carbocycles. The number of para-hydroxylation sites is 1. The summed E-state index contributed by atoms with van der Waals surface area (Å²) in [6, 6.07) is 12.5. The summed E-state index contributed by atoms with van der Waals surface area (Å²) in [5, 5.41) is 7.23. The zero-order chi connectivity index (χ0) is 18.7. The number of carbonyl (C=O) groups is 1. The van der Waals surface area contributed by atoms with E-state index in [1.54, 1.807) is 30.3 Å². The minimum absolute atomic E-state index is 0.275. The lowest BCUT2D eigenvalue weighted by atomic mass is 10.1. The molecule has 0 radical (unpaired) electrons. The van der Waals surface area contributed by atoms with Crippen LogP contribution in [0.25, 0.3) is 0 Å². The molecule has 6 heteroatoms. The van der Waals surface area contributed by atoms with E-state index in [-0.39, 0.29) is 12.5 Å². The lowest BCUT2D eigenvalue weighted by molar-refractivity contribution is 0.102. The number of anilines is 1. The van der Waals surface area contributed by atoms with Gasteiger partial charge in [-0.25, -0.2) is 0 Å². The van der Waals surface area contributed by atoms with E-state index in [9.17, 15) is 4.79 Å². The SMILES string of the molecule is Cc1ccc(NC(=O)c2ccccc2OCc2c(C)noc2C)c(Cl)c1. The van der Waals surface area contributed by atoms with Crippen LogP contribution >= 0.6 is 11.6 Å². The number of halogens is 1. The van der Waals surface area contributed by atoms with Crippen LogP contribution in [0.4, 0.5) is 5.69 Å². The summed E-state index contributed by atoms with van der Waals surface area (Å²) in [6.07, 6.45) is 0. The smallest absolute Gasteiger partial charge is 0.259 e. The molecule has 26 heavy (non-hydrogen) atoms. The first-order valence-corrected chi connectivity index (χ1v) is 8.54. The Kier molecular flexibility index (Phi) is 5.28. The normalized spacial score (nSPS) is 10.6. The Bertz CT molecular complexity index is 930. The third-order valence-electron chi connectivity index (χ3n) is 4.06. The summed E-state index contributed by atoms with van der Waals surface area (Å²) >= 11 is 6.20. The Balaban J connectivity index is 1.79. The molecule has 1 aromatic heterocycles. The molecular formula is C20H19ClN2O3. The maximum atomic E-state index is 12.7. The summed E-state index contributed by atoms with van der Waals surface area (Å²) in [7, 11) is 0. The summed E-state index contributed by atoms with van der Waals surface area (Å²) < 4.78 is 11.0. The fourth-order valence-corrected chi connectivity index (χ4v) is 2.83. The van der Waals surface area contributed by atoms with Gasteiger partial charge in [0.1, 0.15) is 18.1 Å². The van der Waals surface area contributed by atoms with Crippen LogP contribution in [-0.2, 0) is 6.61 Å². The number of benzene rings is 2. The first-order chi connectivity index (χ1) is 12.5. The molecule has 1 amide bonds.